The Morgan fingerprint density at radius 3 is 2.56 bits per heavy atom. The van der Waals surface area contributed by atoms with Gasteiger partial charge < -0.3 is 5.32 Å². The van der Waals surface area contributed by atoms with E-state index in [0.717, 1.165) is 16.8 Å². The number of aromatic nitrogens is 2. The van der Waals surface area contributed by atoms with Crippen LogP contribution < -0.4 is 16.4 Å². The van der Waals surface area contributed by atoms with Crippen molar-refractivity contribution < 1.29 is 4.79 Å². The molecule has 0 aliphatic heterocycles. The second-order valence-electron chi connectivity index (χ2n) is 3.65. The third kappa shape index (κ3) is 2.94. The Labute approximate surface area is 102 Å². The lowest BCUT2D eigenvalue weighted by atomic mass is 10.3. The van der Waals surface area contributed by atoms with E-state index in [2.05, 4.69) is 10.4 Å². The van der Waals surface area contributed by atoms with Crippen molar-refractivity contribution in [3.8, 4) is 0 Å². The van der Waals surface area contributed by atoms with Gasteiger partial charge in [0.05, 0.1) is 0 Å². The molecule has 0 radical (unpaired) electrons. The van der Waals surface area contributed by atoms with Gasteiger partial charge >= 0.3 is 0 Å². The van der Waals surface area contributed by atoms with Crippen LogP contribution in [0.25, 0.3) is 0 Å². The summed E-state index contributed by atoms with van der Waals surface area (Å²) in [5.41, 5.74) is -0.228. The van der Waals surface area contributed by atoms with Gasteiger partial charge in [-0.15, -0.1) is 0 Å². The number of benzene rings is 1. The predicted molar refractivity (Wildman–Crippen MR) is 66.4 cm³/mol. The molecule has 92 valence electrons. The van der Waals surface area contributed by atoms with E-state index in [1.807, 2.05) is 6.07 Å². The maximum absolute atomic E-state index is 11.7. The van der Waals surface area contributed by atoms with Crippen molar-refractivity contribution in [1.29, 1.82) is 0 Å². The number of hydrogen-bond acceptors (Lipinski definition) is 3. The highest BCUT2D eigenvalue weighted by Gasteiger charge is 2.05. The molecule has 0 atom stereocenters. The van der Waals surface area contributed by atoms with E-state index in [0.29, 0.717) is 5.69 Å². The van der Waals surface area contributed by atoms with Gasteiger partial charge in [0.15, 0.2) is 0 Å². The standard InChI is InChI=1S/C12H11N3O3/c16-10-6-7-12(18)15(14-10)8-11(17)13-9-4-2-1-3-5-9/h1-7H,8H2,(H,13,17)(H,14,16). The number of H-pyrrole nitrogens is 1. The van der Waals surface area contributed by atoms with Crippen molar-refractivity contribution in [3.63, 3.8) is 0 Å². The first-order valence-electron chi connectivity index (χ1n) is 5.30. The second kappa shape index (κ2) is 5.13. The molecular formula is C12H11N3O3. The molecule has 18 heavy (non-hydrogen) atoms. The molecule has 0 saturated carbocycles. The number of carbonyl (C=O) groups is 1. The van der Waals surface area contributed by atoms with E-state index in [1.165, 1.54) is 0 Å². The van der Waals surface area contributed by atoms with Gasteiger partial charge in [-0.3, -0.25) is 19.5 Å². The Bertz CT molecular complexity index is 658. The fraction of sp³-hybridized carbons (Fsp3) is 0.0833. The van der Waals surface area contributed by atoms with Gasteiger partial charge in [-0.2, -0.15) is 0 Å². The molecule has 1 aromatic carbocycles. The molecule has 6 nitrogen and oxygen atoms in total. The van der Waals surface area contributed by atoms with Crippen LogP contribution in [0.1, 0.15) is 0 Å². The number of amides is 1. The third-order valence-corrected chi connectivity index (χ3v) is 2.25. The molecule has 2 rings (SSSR count). The molecule has 1 heterocycles. The van der Waals surface area contributed by atoms with Crippen LogP contribution in [-0.2, 0) is 11.3 Å². The minimum absolute atomic E-state index is 0.232. The third-order valence-electron chi connectivity index (χ3n) is 2.25. The van der Waals surface area contributed by atoms with Crippen molar-refractivity contribution in [2.24, 2.45) is 0 Å². The summed E-state index contributed by atoms with van der Waals surface area (Å²) in [5.74, 6) is -0.384. The number of nitrogens with zero attached hydrogens (tertiary/aromatic N) is 1. The van der Waals surface area contributed by atoms with Gasteiger partial charge in [0.1, 0.15) is 6.54 Å². The molecule has 2 aromatic rings. The lowest BCUT2D eigenvalue weighted by molar-refractivity contribution is -0.117. The summed E-state index contributed by atoms with van der Waals surface area (Å²) in [7, 11) is 0. The predicted octanol–water partition coefficient (Wildman–Crippen LogP) is 0.175. The molecule has 0 aliphatic carbocycles. The van der Waals surface area contributed by atoms with Crippen LogP contribution in [0.3, 0.4) is 0 Å². The summed E-state index contributed by atoms with van der Waals surface area (Å²) < 4.78 is 0.959. The number of para-hydroxylation sites is 1. The van der Waals surface area contributed by atoms with Gasteiger partial charge in [-0.1, -0.05) is 18.2 Å². The van der Waals surface area contributed by atoms with Crippen molar-refractivity contribution >= 4 is 11.6 Å². The highest BCUT2D eigenvalue weighted by molar-refractivity contribution is 5.90. The van der Waals surface area contributed by atoms with Gasteiger partial charge in [0, 0.05) is 17.8 Å². The Hall–Kier alpha value is -2.63. The average molecular weight is 245 g/mol. The molecule has 2 N–H and O–H groups in total. The van der Waals surface area contributed by atoms with Gasteiger partial charge in [0.25, 0.3) is 11.1 Å². The maximum atomic E-state index is 11.7. The van der Waals surface area contributed by atoms with Gasteiger partial charge in [-0.05, 0) is 12.1 Å². The quantitative estimate of drug-likeness (QED) is 0.808. The molecule has 1 amide bonds. The number of rotatable bonds is 3. The Morgan fingerprint density at radius 2 is 1.83 bits per heavy atom. The van der Waals surface area contributed by atoms with Crippen molar-refractivity contribution in [1.82, 2.24) is 9.78 Å². The lowest BCUT2D eigenvalue weighted by Crippen LogP contribution is -2.32. The lowest BCUT2D eigenvalue weighted by Gasteiger charge is -2.06. The first-order valence-corrected chi connectivity index (χ1v) is 5.30. The maximum Gasteiger partial charge on any atom is 0.265 e. The molecule has 6 heteroatoms. The van der Waals surface area contributed by atoms with E-state index in [-0.39, 0.29) is 12.5 Å². The molecule has 0 spiro atoms. The minimum Gasteiger partial charge on any atom is -0.324 e. The van der Waals surface area contributed by atoms with Crippen LogP contribution in [0.4, 0.5) is 5.69 Å². The zero-order chi connectivity index (χ0) is 13.0. The number of aromatic amines is 1. The van der Waals surface area contributed by atoms with E-state index < -0.39 is 11.1 Å². The minimum atomic E-state index is -0.433. The smallest absolute Gasteiger partial charge is 0.265 e. The highest BCUT2D eigenvalue weighted by atomic mass is 16.2. The van der Waals surface area contributed by atoms with Crippen molar-refractivity contribution in [2.75, 3.05) is 5.32 Å². The van der Waals surface area contributed by atoms with Crippen LogP contribution in [0.15, 0.2) is 52.1 Å². The fourth-order valence-corrected chi connectivity index (χ4v) is 1.45. The fourth-order valence-electron chi connectivity index (χ4n) is 1.45. The molecule has 1 aromatic heterocycles. The van der Waals surface area contributed by atoms with Crippen LogP contribution in [0.5, 0.6) is 0 Å². The first-order chi connectivity index (χ1) is 8.65. The van der Waals surface area contributed by atoms with Gasteiger partial charge in [0.2, 0.25) is 5.91 Å². The zero-order valence-corrected chi connectivity index (χ0v) is 9.42. The molecule has 0 unspecified atom stereocenters. The van der Waals surface area contributed by atoms with Crippen LogP contribution in [0.2, 0.25) is 0 Å². The summed E-state index contributed by atoms with van der Waals surface area (Å²) in [4.78, 5) is 34.1. The van der Waals surface area contributed by atoms with E-state index in [4.69, 9.17) is 0 Å². The Morgan fingerprint density at radius 1 is 1.11 bits per heavy atom. The number of hydrogen-bond donors (Lipinski definition) is 2. The Kier molecular flexibility index (Phi) is 3.38. The topological polar surface area (TPSA) is 84.0 Å². The van der Waals surface area contributed by atoms with Gasteiger partial charge in [-0.25, -0.2) is 4.68 Å². The van der Waals surface area contributed by atoms with Crippen LogP contribution in [-0.4, -0.2) is 15.7 Å². The number of carbonyl (C=O) groups excluding carboxylic acids is 1. The van der Waals surface area contributed by atoms with Crippen LogP contribution >= 0.6 is 0 Å². The first kappa shape index (κ1) is 11.8. The summed E-state index contributed by atoms with van der Waals surface area (Å²) in [6.45, 7) is -0.232. The van der Waals surface area contributed by atoms with Crippen molar-refractivity contribution in [3.05, 3.63) is 63.2 Å². The van der Waals surface area contributed by atoms with Crippen molar-refractivity contribution in [2.45, 2.75) is 6.54 Å². The SMILES string of the molecule is O=C(Cn1[nH]c(=O)ccc1=O)Nc1ccccc1. The van der Waals surface area contributed by atoms with E-state index >= 15 is 0 Å². The zero-order valence-electron chi connectivity index (χ0n) is 9.42. The normalized spacial score (nSPS) is 10.0. The summed E-state index contributed by atoms with van der Waals surface area (Å²) in [5, 5.41) is 4.90. The summed E-state index contributed by atoms with van der Waals surface area (Å²) in [6.07, 6.45) is 0. The monoisotopic (exact) mass is 245 g/mol. The van der Waals surface area contributed by atoms with E-state index in [1.54, 1.807) is 24.3 Å². The number of anilines is 1. The molecule has 0 saturated heterocycles. The largest absolute Gasteiger partial charge is 0.324 e. The molecule has 0 fully saturated rings. The average Bonchev–Trinajstić information content (AvgIpc) is 2.35. The summed E-state index contributed by atoms with van der Waals surface area (Å²) >= 11 is 0. The summed E-state index contributed by atoms with van der Waals surface area (Å²) in [6, 6.07) is 11.1. The van der Waals surface area contributed by atoms with Crippen LogP contribution in [0, 0.1) is 0 Å². The number of nitrogens with one attached hydrogen (secondary N) is 2. The molecular weight excluding hydrogens is 234 g/mol. The molecule has 0 aliphatic rings. The van der Waals surface area contributed by atoms with E-state index in [9.17, 15) is 14.4 Å². The molecule has 0 bridgehead atoms. The highest BCUT2D eigenvalue weighted by Crippen LogP contribution is 2.04. The second-order valence-corrected chi connectivity index (χ2v) is 3.65. The Balaban J connectivity index is 2.10.